The Morgan fingerprint density at radius 3 is 2.60 bits per heavy atom. The molecule has 1 fully saturated rings. The van der Waals surface area contributed by atoms with E-state index in [1.807, 2.05) is 11.0 Å². The van der Waals surface area contributed by atoms with Crippen molar-refractivity contribution in [3.8, 4) is 10.7 Å². The van der Waals surface area contributed by atoms with Crippen molar-refractivity contribution in [2.24, 2.45) is 0 Å². The zero-order valence-corrected chi connectivity index (χ0v) is 16.8. The number of benzene rings is 1. The molecule has 1 saturated heterocycles. The summed E-state index contributed by atoms with van der Waals surface area (Å²) in [5.41, 5.74) is 0.712. The number of carbonyl (C=O) groups is 1. The first-order valence-corrected chi connectivity index (χ1v) is 10.4. The maximum absolute atomic E-state index is 13.2. The fourth-order valence-electron chi connectivity index (χ4n) is 3.39. The van der Waals surface area contributed by atoms with Gasteiger partial charge in [-0.2, -0.15) is 13.2 Å². The highest BCUT2D eigenvalue weighted by atomic mass is 32.1. The molecule has 30 heavy (non-hydrogen) atoms. The van der Waals surface area contributed by atoms with Gasteiger partial charge in [-0.15, -0.1) is 11.3 Å². The number of nitrogens with zero attached hydrogens (tertiary/aromatic N) is 3. The molecule has 3 aromatic rings. The Hall–Kier alpha value is -2.94. The maximum atomic E-state index is 13.2. The lowest BCUT2D eigenvalue weighted by Gasteiger charge is -2.31. The summed E-state index contributed by atoms with van der Waals surface area (Å²) in [5, 5.41) is 4.79. The SMILES string of the molecule is O=C(Nc1cc(C(F)(F)F)ccc1N1CCCCC1)c1csc(-c2ccccn2)n1. The van der Waals surface area contributed by atoms with Crippen molar-refractivity contribution >= 4 is 28.6 Å². The minimum atomic E-state index is -4.49. The number of nitrogens with one attached hydrogen (secondary N) is 1. The molecule has 1 aliphatic rings. The highest BCUT2D eigenvalue weighted by molar-refractivity contribution is 7.13. The van der Waals surface area contributed by atoms with Gasteiger partial charge in [0.25, 0.3) is 5.91 Å². The predicted octanol–water partition coefficient (Wildman–Crippen LogP) is 5.47. The molecule has 9 heteroatoms. The molecular weight excluding hydrogens is 413 g/mol. The molecule has 0 aliphatic carbocycles. The molecule has 1 aliphatic heterocycles. The molecule has 1 amide bonds. The Labute approximate surface area is 175 Å². The van der Waals surface area contributed by atoms with Gasteiger partial charge in [-0.25, -0.2) is 4.98 Å². The fraction of sp³-hybridized carbons (Fsp3) is 0.286. The Morgan fingerprint density at radius 1 is 1.10 bits per heavy atom. The third kappa shape index (κ3) is 4.46. The highest BCUT2D eigenvalue weighted by Gasteiger charge is 2.32. The second-order valence-corrected chi connectivity index (χ2v) is 7.84. The van der Waals surface area contributed by atoms with Crippen LogP contribution in [0.5, 0.6) is 0 Å². The number of anilines is 2. The Morgan fingerprint density at radius 2 is 1.90 bits per heavy atom. The van der Waals surface area contributed by atoms with Crippen LogP contribution in [0.1, 0.15) is 35.3 Å². The number of alkyl halides is 3. The third-order valence-corrected chi connectivity index (χ3v) is 5.75. The van der Waals surface area contributed by atoms with E-state index in [2.05, 4.69) is 15.3 Å². The lowest BCUT2D eigenvalue weighted by atomic mass is 10.1. The largest absolute Gasteiger partial charge is 0.416 e. The van der Waals surface area contributed by atoms with Gasteiger partial charge in [-0.05, 0) is 49.6 Å². The van der Waals surface area contributed by atoms with Crippen LogP contribution in [0, 0.1) is 0 Å². The average Bonchev–Trinajstić information content (AvgIpc) is 3.25. The second kappa shape index (κ2) is 8.43. The molecule has 2 aromatic heterocycles. The summed E-state index contributed by atoms with van der Waals surface area (Å²) in [4.78, 5) is 23.3. The molecular formula is C21H19F3N4OS. The van der Waals surface area contributed by atoms with Crippen LogP contribution in [-0.4, -0.2) is 29.0 Å². The number of hydrogen-bond donors (Lipinski definition) is 1. The van der Waals surface area contributed by atoms with Crippen molar-refractivity contribution in [1.82, 2.24) is 9.97 Å². The van der Waals surface area contributed by atoms with E-state index < -0.39 is 17.6 Å². The van der Waals surface area contributed by atoms with Crippen LogP contribution in [0.25, 0.3) is 10.7 Å². The van der Waals surface area contributed by atoms with Crippen molar-refractivity contribution in [1.29, 1.82) is 0 Å². The predicted molar refractivity (Wildman–Crippen MR) is 111 cm³/mol. The van der Waals surface area contributed by atoms with Crippen molar-refractivity contribution in [2.75, 3.05) is 23.3 Å². The van der Waals surface area contributed by atoms with Crippen molar-refractivity contribution in [2.45, 2.75) is 25.4 Å². The number of halogens is 3. The molecule has 0 bridgehead atoms. The number of thiazole rings is 1. The molecule has 0 unspecified atom stereocenters. The van der Waals surface area contributed by atoms with Gasteiger partial charge in [0.05, 0.1) is 22.6 Å². The van der Waals surface area contributed by atoms with Crippen LogP contribution in [0.3, 0.4) is 0 Å². The molecule has 1 N–H and O–H groups in total. The highest BCUT2D eigenvalue weighted by Crippen LogP contribution is 2.36. The number of pyridine rings is 1. The van der Waals surface area contributed by atoms with E-state index in [1.165, 1.54) is 17.4 Å². The summed E-state index contributed by atoms with van der Waals surface area (Å²) in [6, 6.07) is 8.86. The average molecular weight is 432 g/mol. The van der Waals surface area contributed by atoms with Crippen LogP contribution < -0.4 is 10.2 Å². The molecule has 156 valence electrons. The smallest absolute Gasteiger partial charge is 0.370 e. The van der Waals surface area contributed by atoms with Crippen LogP contribution in [0.2, 0.25) is 0 Å². The van der Waals surface area contributed by atoms with E-state index in [-0.39, 0.29) is 11.4 Å². The quantitative estimate of drug-likeness (QED) is 0.594. The van der Waals surface area contributed by atoms with Crippen molar-refractivity contribution < 1.29 is 18.0 Å². The zero-order valence-electron chi connectivity index (χ0n) is 15.9. The number of carbonyl (C=O) groups excluding carboxylic acids is 1. The van der Waals surface area contributed by atoms with Gasteiger partial charge in [0, 0.05) is 24.7 Å². The minimum absolute atomic E-state index is 0.141. The van der Waals surface area contributed by atoms with Gasteiger partial charge in [-0.3, -0.25) is 9.78 Å². The number of aromatic nitrogens is 2. The van der Waals surface area contributed by atoms with E-state index in [1.54, 1.807) is 23.7 Å². The van der Waals surface area contributed by atoms with Gasteiger partial charge in [0.2, 0.25) is 0 Å². The van der Waals surface area contributed by atoms with Gasteiger partial charge in [0.1, 0.15) is 10.7 Å². The molecule has 0 spiro atoms. The zero-order chi connectivity index (χ0) is 21.1. The third-order valence-electron chi connectivity index (χ3n) is 4.89. The van der Waals surface area contributed by atoms with Crippen LogP contribution in [-0.2, 0) is 6.18 Å². The van der Waals surface area contributed by atoms with E-state index in [4.69, 9.17) is 0 Å². The standard InChI is InChI=1S/C21H19F3N4OS/c22-21(23,24)14-7-8-18(28-10-4-1-5-11-28)16(12-14)26-19(29)17-13-30-20(27-17)15-6-2-3-9-25-15/h2-3,6-9,12-13H,1,4-5,10-11H2,(H,26,29). The second-order valence-electron chi connectivity index (χ2n) is 6.98. The van der Waals surface area contributed by atoms with Gasteiger partial charge < -0.3 is 10.2 Å². The molecule has 0 atom stereocenters. The van der Waals surface area contributed by atoms with E-state index in [0.29, 0.717) is 16.4 Å². The van der Waals surface area contributed by atoms with Crippen molar-refractivity contribution in [3.63, 3.8) is 0 Å². The number of amides is 1. The molecule has 3 heterocycles. The van der Waals surface area contributed by atoms with Crippen molar-refractivity contribution in [3.05, 3.63) is 59.2 Å². The molecule has 4 rings (SSSR count). The van der Waals surface area contributed by atoms with E-state index in [0.717, 1.165) is 44.5 Å². The van der Waals surface area contributed by atoms with Crippen LogP contribution >= 0.6 is 11.3 Å². The van der Waals surface area contributed by atoms with Gasteiger partial charge in [0.15, 0.2) is 0 Å². The van der Waals surface area contributed by atoms with Gasteiger partial charge >= 0.3 is 6.18 Å². The summed E-state index contributed by atoms with van der Waals surface area (Å²) in [7, 11) is 0. The van der Waals surface area contributed by atoms with Crippen LogP contribution in [0.15, 0.2) is 48.0 Å². The van der Waals surface area contributed by atoms with E-state index >= 15 is 0 Å². The van der Waals surface area contributed by atoms with Gasteiger partial charge in [-0.1, -0.05) is 6.07 Å². The number of rotatable bonds is 4. The maximum Gasteiger partial charge on any atom is 0.416 e. The summed E-state index contributed by atoms with van der Waals surface area (Å²) < 4.78 is 39.7. The minimum Gasteiger partial charge on any atom is -0.370 e. The molecule has 0 radical (unpaired) electrons. The fourth-order valence-corrected chi connectivity index (χ4v) is 4.17. The molecule has 5 nitrogen and oxygen atoms in total. The Balaban J connectivity index is 1.62. The van der Waals surface area contributed by atoms with E-state index in [9.17, 15) is 18.0 Å². The first-order valence-electron chi connectivity index (χ1n) is 9.56. The first kappa shape index (κ1) is 20.3. The monoisotopic (exact) mass is 432 g/mol. The Kier molecular flexibility index (Phi) is 5.72. The summed E-state index contributed by atoms with van der Waals surface area (Å²) >= 11 is 1.26. The summed E-state index contributed by atoms with van der Waals surface area (Å²) in [5.74, 6) is -0.550. The summed E-state index contributed by atoms with van der Waals surface area (Å²) in [6.07, 6.45) is 0.159. The molecule has 0 saturated carbocycles. The lowest BCUT2D eigenvalue weighted by molar-refractivity contribution is -0.137. The van der Waals surface area contributed by atoms with Crippen LogP contribution in [0.4, 0.5) is 24.5 Å². The normalized spacial score (nSPS) is 14.6. The number of piperidine rings is 1. The first-order chi connectivity index (χ1) is 14.4. The number of hydrogen-bond acceptors (Lipinski definition) is 5. The lowest BCUT2D eigenvalue weighted by Crippen LogP contribution is -2.30. The topological polar surface area (TPSA) is 58.1 Å². The molecule has 1 aromatic carbocycles. The summed E-state index contributed by atoms with van der Waals surface area (Å²) in [6.45, 7) is 1.49. The Bertz CT molecular complexity index is 1030.